The molecule has 0 saturated heterocycles. The molecule has 0 unspecified atom stereocenters. The molecule has 0 aliphatic carbocycles. The van der Waals surface area contributed by atoms with E-state index >= 15 is 0 Å². The molecule has 2 N–H and O–H groups in total. The lowest BCUT2D eigenvalue weighted by Crippen LogP contribution is -2.44. The van der Waals surface area contributed by atoms with E-state index in [0.29, 0.717) is 0 Å². The van der Waals surface area contributed by atoms with E-state index in [9.17, 15) is 14.7 Å². The lowest BCUT2D eigenvalue weighted by atomic mass is 9.90. The molecule has 0 aliphatic heterocycles. The van der Waals surface area contributed by atoms with Gasteiger partial charge in [0.2, 0.25) is 5.91 Å². The number of hydrogen-bond acceptors (Lipinski definition) is 2. The van der Waals surface area contributed by atoms with Crippen LogP contribution in [0.3, 0.4) is 0 Å². The SMILES string of the molecule is O=C(N[C@@H](Cc1ccccc1I)C(=O)O)C(c1ccccc1)c1ccccc1. The minimum absolute atomic E-state index is 0.233. The molecule has 0 aliphatic rings. The van der Waals surface area contributed by atoms with Crippen molar-refractivity contribution in [1.29, 1.82) is 0 Å². The van der Waals surface area contributed by atoms with Gasteiger partial charge in [-0.1, -0.05) is 78.9 Å². The Bertz CT molecular complexity index is 905. The zero-order valence-corrected chi connectivity index (χ0v) is 17.2. The highest BCUT2D eigenvalue weighted by Gasteiger charge is 2.28. The lowest BCUT2D eigenvalue weighted by Gasteiger charge is -2.21. The second-order valence-electron chi connectivity index (χ2n) is 6.45. The second-order valence-corrected chi connectivity index (χ2v) is 7.61. The fourth-order valence-electron chi connectivity index (χ4n) is 3.13. The van der Waals surface area contributed by atoms with Crippen LogP contribution in [-0.4, -0.2) is 23.0 Å². The van der Waals surface area contributed by atoms with Gasteiger partial charge >= 0.3 is 5.97 Å². The first kappa shape index (κ1) is 20.1. The number of halogens is 1. The average Bonchev–Trinajstić information content (AvgIpc) is 2.71. The molecule has 1 atom stereocenters. The van der Waals surface area contributed by atoms with Crippen LogP contribution < -0.4 is 5.32 Å². The van der Waals surface area contributed by atoms with Gasteiger partial charge in [0.15, 0.2) is 0 Å². The highest BCUT2D eigenvalue weighted by atomic mass is 127. The number of carbonyl (C=O) groups is 2. The minimum atomic E-state index is -1.05. The summed E-state index contributed by atoms with van der Waals surface area (Å²) in [4.78, 5) is 25.0. The average molecular weight is 485 g/mol. The number of nitrogens with one attached hydrogen (secondary N) is 1. The topological polar surface area (TPSA) is 66.4 Å². The monoisotopic (exact) mass is 485 g/mol. The molecule has 0 bridgehead atoms. The lowest BCUT2D eigenvalue weighted by molar-refractivity contribution is -0.141. The Morgan fingerprint density at radius 2 is 1.32 bits per heavy atom. The predicted molar refractivity (Wildman–Crippen MR) is 117 cm³/mol. The summed E-state index contributed by atoms with van der Waals surface area (Å²) < 4.78 is 0.975. The molecule has 28 heavy (non-hydrogen) atoms. The first-order valence-electron chi connectivity index (χ1n) is 8.92. The summed E-state index contributed by atoms with van der Waals surface area (Å²) in [6.45, 7) is 0. The fourth-order valence-corrected chi connectivity index (χ4v) is 3.73. The first-order valence-corrected chi connectivity index (χ1v) is 10.0. The van der Waals surface area contributed by atoms with E-state index in [0.717, 1.165) is 20.3 Å². The van der Waals surface area contributed by atoms with Crippen molar-refractivity contribution in [1.82, 2.24) is 5.32 Å². The Morgan fingerprint density at radius 3 is 1.82 bits per heavy atom. The van der Waals surface area contributed by atoms with Crippen LogP contribution in [0.15, 0.2) is 84.9 Å². The summed E-state index contributed by atoms with van der Waals surface area (Å²) in [5.41, 5.74) is 2.54. The number of rotatable bonds is 7. The molecule has 0 aromatic heterocycles. The third-order valence-corrected chi connectivity index (χ3v) is 5.58. The summed E-state index contributed by atoms with van der Waals surface area (Å²) in [6, 6.07) is 25.4. The Hall–Kier alpha value is -2.67. The van der Waals surface area contributed by atoms with Crippen molar-refractivity contribution in [3.63, 3.8) is 0 Å². The smallest absolute Gasteiger partial charge is 0.326 e. The van der Waals surface area contributed by atoms with Crippen LogP contribution >= 0.6 is 22.6 Å². The molecule has 0 saturated carbocycles. The summed E-state index contributed by atoms with van der Waals surface area (Å²) in [7, 11) is 0. The van der Waals surface area contributed by atoms with Gasteiger partial charge in [-0.3, -0.25) is 4.79 Å². The molecule has 1 amide bonds. The van der Waals surface area contributed by atoms with Crippen LogP contribution in [-0.2, 0) is 16.0 Å². The number of hydrogen-bond donors (Lipinski definition) is 2. The van der Waals surface area contributed by atoms with Crippen LogP contribution in [0.1, 0.15) is 22.6 Å². The summed E-state index contributed by atoms with van der Waals surface area (Å²) in [5, 5.41) is 12.4. The van der Waals surface area contributed by atoms with Crippen LogP contribution in [0.2, 0.25) is 0 Å². The number of aliphatic carboxylic acids is 1. The van der Waals surface area contributed by atoms with E-state index in [1.54, 1.807) is 0 Å². The van der Waals surface area contributed by atoms with Crippen molar-refractivity contribution in [2.24, 2.45) is 0 Å². The number of carbonyl (C=O) groups excluding carboxylic acids is 1. The molecule has 142 valence electrons. The molecular weight excluding hydrogens is 465 g/mol. The van der Waals surface area contributed by atoms with Gasteiger partial charge in [-0.2, -0.15) is 0 Å². The summed E-state index contributed by atoms with van der Waals surface area (Å²) >= 11 is 2.18. The van der Waals surface area contributed by atoms with Crippen LogP contribution in [0.25, 0.3) is 0 Å². The Morgan fingerprint density at radius 1 is 0.821 bits per heavy atom. The van der Waals surface area contributed by atoms with Gasteiger partial charge < -0.3 is 10.4 Å². The molecule has 0 heterocycles. The fraction of sp³-hybridized carbons (Fsp3) is 0.130. The highest BCUT2D eigenvalue weighted by Crippen LogP contribution is 2.25. The zero-order chi connectivity index (χ0) is 19.9. The molecule has 3 aromatic carbocycles. The number of benzene rings is 3. The number of amides is 1. The maximum absolute atomic E-state index is 13.2. The third kappa shape index (κ3) is 4.98. The molecule has 0 spiro atoms. The van der Waals surface area contributed by atoms with Gasteiger partial charge in [-0.25, -0.2) is 4.79 Å². The van der Waals surface area contributed by atoms with Gasteiger partial charge in [0, 0.05) is 9.99 Å². The van der Waals surface area contributed by atoms with E-state index < -0.39 is 17.9 Å². The molecule has 3 rings (SSSR count). The molecular formula is C23H20INO3. The highest BCUT2D eigenvalue weighted by molar-refractivity contribution is 14.1. The van der Waals surface area contributed by atoms with Gasteiger partial charge in [0.25, 0.3) is 0 Å². The summed E-state index contributed by atoms with van der Waals surface area (Å²) in [5.74, 6) is -1.94. The largest absolute Gasteiger partial charge is 0.480 e. The zero-order valence-electron chi connectivity index (χ0n) is 15.1. The maximum atomic E-state index is 13.2. The van der Waals surface area contributed by atoms with E-state index in [-0.39, 0.29) is 12.3 Å². The number of carboxylic acid groups (broad SMARTS) is 1. The quantitative estimate of drug-likeness (QED) is 0.493. The minimum Gasteiger partial charge on any atom is -0.480 e. The molecule has 0 radical (unpaired) electrons. The molecule has 4 nitrogen and oxygen atoms in total. The van der Waals surface area contributed by atoms with Gasteiger partial charge in [0.1, 0.15) is 6.04 Å². The van der Waals surface area contributed by atoms with E-state index in [1.165, 1.54) is 0 Å². The van der Waals surface area contributed by atoms with Crippen molar-refractivity contribution >= 4 is 34.5 Å². The maximum Gasteiger partial charge on any atom is 0.326 e. The summed E-state index contributed by atoms with van der Waals surface area (Å²) in [6.07, 6.45) is 0.233. The van der Waals surface area contributed by atoms with E-state index in [4.69, 9.17) is 0 Å². The van der Waals surface area contributed by atoms with Crippen molar-refractivity contribution in [3.05, 3.63) is 105 Å². The molecule has 5 heteroatoms. The Labute approximate surface area is 177 Å². The van der Waals surface area contributed by atoms with Crippen molar-refractivity contribution < 1.29 is 14.7 Å². The molecule has 3 aromatic rings. The van der Waals surface area contributed by atoms with Crippen molar-refractivity contribution in [3.8, 4) is 0 Å². The van der Waals surface area contributed by atoms with Gasteiger partial charge in [0.05, 0.1) is 5.92 Å². The molecule has 0 fully saturated rings. The van der Waals surface area contributed by atoms with Crippen molar-refractivity contribution in [2.75, 3.05) is 0 Å². The van der Waals surface area contributed by atoms with Gasteiger partial charge in [-0.15, -0.1) is 0 Å². The Balaban J connectivity index is 1.87. The van der Waals surface area contributed by atoms with Crippen LogP contribution in [0, 0.1) is 3.57 Å². The van der Waals surface area contributed by atoms with Crippen molar-refractivity contribution in [2.45, 2.75) is 18.4 Å². The normalized spacial score (nSPS) is 11.8. The predicted octanol–water partition coefficient (Wildman–Crippen LogP) is 4.24. The Kier molecular flexibility index (Phi) is 6.81. The second kappa shape index (κ2) is 9.50. The van der Waals surface area contributed by atoms with E-state index in [2.05, 4.69) is 27.9 Å². The van der Waals surface area contributed by atoms with Crippen LogP contribution in [0.4, 0.5) is 0 Å². The first-order chi connectivity index (χ1) is 13.6. The third-order valence-electron chi connectivity index (χ3n) is 4.52. The standard InChI is InChI=1S/C23H20INO3/c24-19-14-8-7-13-18(19)15-20(23(27)28)25-22(26)21(16-9-3-1-4-10-16)17-11-5-2-6-12-17/h1-14,20-21H,15H2,(H,25,26)(H,27,28)/t20-/m0/s1. The number of carboxylic acids is 1. The van der Waals surface area contributed by atoms with Gasteiger partial charge in [-0.05, 0) is 45.3 Å². The van der Waals surface area contributed by atoms with E-state index in [1.807, 2.05) is 84.9 Å². The van der Waals surface area contributed by atoms with Crippen LogP contribution in [0.5, 0.6) is 0 Å².